The lowest BCUT2D eigenvalue weighted by atomic mass is 10.1. The summed E-state index contributed by atoms with van der Waals surface area (Å²) in [6, 6.07) is 14.2. The van der Waals surface area contributed by atoms with Crippen LogP contribution in [0.25, 0.3) is 10.9 Å². The number of nitrogens with zero attached hydrogens (tertiary/aromatic N) is 5. The number of hydrogen-bond donors (Lipinski definition) is 4. The van der Waals surface area contributed by atoms with Crippen molar-refractivity contribution in [2.45, 2.75) is 12.8 Å². The Kier molecular flexibility index (Phi) is 7.08. The quantitative estimate of drug-likeness (QED) is 0.286. The zero-order chi connectivity index (χ0) is 22.2. The van der Waals surface area contributed by atoms with Crippen molar-refractivity contribution in [3.8, 4) is 0 Å². The third kappa shape index (κ3) is 5.50. The van der Waals surface area contributed by atoms with Gasteiger partial charge in [-0.1, -0.05) is 24.3 Å². The van der Waals surface area contributed by atoms with Crippen molar-refractivity contribution in [1.82, 2.24) is 24.9 Å². The predicted molar refractivity (Wildman–Crippen MR) is 129 cm³/mol. The summed E-state index contributed by atoms with van der Waals surface area (Å²) in [6.45, 7) is 2.54. The van der Waals surface area contributed by atoms with E-state index in [9.17, 15) is 0 Å². The highest BCUT2D eigenvalue weighted by molar-refractivity contribution is 5.83. The van der Waals surface area contributed by atoms with Crippen molar-refractivity contribution < 1.29 is 0 Å². The number of fused-ring (bicyclic) bond motifs is 1. The molecule has 9 heteroatoms. The Morgan fingerprint density at radius 2 is 1.72 bits per heavy atom. The van der Waals surface area contributed by atoms with Crippen molar-refractivity contribution in [3.63, 3.8) is 0 Å². The van der Waals surface area contributed by atoms with Gasteiger partial charge in [0, 0.05) is 68.6 Å². The van der Waals surface area contributed by atoms with E-state index in [-0.39, 0.29) is 0 Å². The largest absolute Gasteiger partial charge is 0.361 e. The molecule has 0 radical (unpaired) electrons. The summed E-state index contributed by atoms with van der Waals surface area (Å²) in [5, 5.41) is 7.75. The van der Waals surface area contributed by atoms with Crippen molar-refractivity contribution >= 4 is 28.7 Å². The number of benzene rings is 1. The van der Waals surface area contributed by atoms with Crippen LogP contribution in [0, 0.1) is 0 Å². The molecule has 32 heavy (non-hydrogen) atoms. The van der Waals surface area contributed by atoms with Crippen LogP contribution < -0.4 is 21.3 Å². The fraction of sp³-hybridized carbons (Fsp3) is 0.304. The van der Waals surface area contributed by atoms with Crippen LogP contribution in [0.1, 0.15) is 11.3 Å². The minimum absolute atomic E-state index is 0.500. The van der Waals surface area contributed by atoms with Gasteiger partial charge >= 0.3 is 0 Å². The molecule has 4 aromatic rings. The number of nitrogens with one attached hydrogen (secondary N) is 3. The Hall–Kier alpha value is -3.72. The Bertz CT molecular complexity index is 1130. The molecule has 9 nitrogen and oxygen atoms in total. The summed E-state index contributed by atoms with van der Waals surface area (Å²) in [5.74, 6) is 1.66. The molecule has 0 aliphatic carbocycles. The molecule has 166 valence electrons. The van der Waals surface area contributed by atoms with Crippen LogP contribution in [0.4, 0.5) is 17.8 Å². The average Bonchev–Trinajstić information content (AvgIpc) is 3.25. The van der Waals surface area contributed by atoms with E-state index in [4.69, 9.17) is 5.73 Å². The maximum Gasteiger partial charge on any atom is 0.231 e. The first-order valence-electron chi connectivity index (χ1n) is 10.8. The standard InChI is InChI=1S/C23H29N9/c1-32(15-10-18-6-4-5-12-25-18)23-30-21(29-22(31-23)27-14-11-24)26-13-9-17-16-28-20-8-3-2-7-19(17)20/h2-8,12,16,28H,9-11,13-15,24H2,1H3,(H2,26,27,29,30,31). The predicted octanol–water partition coefficient (Wildman–Crippen LogP) is 2.45. The number of pyridine rings is 1. The maximum absolute atomic E-state index is 5.63. The highest BCUT2D eigenvalue weighted by Crippen LogP contribution is 2.18. The fourth-order valence-corrected chi connectivity index (χ4v) is 3.45. The minimum Gasteiger partial charge on any atom is -0.361 e. The van der Waals surface area contributed by atoms with Gasteiger partial charge in [0.25, 0.3) is 0 Å². The minimum atomic E-state index is 0.500. The number of hydrogen-bond acceptors (Lipinski definition) is 8. The van der Waals surface area contributed by atoms with E-state index in [1.54, 1.807) is 0 Å². The Balaban J connectivity index is 1.43. The molecular weight excluding hydrogens is 402 g/mol. The number of aromatic nitrogens is 5. The molecule has 5 N–H and O–H groups in total. The van der Waals surface area contributed by atoms with E-state index in [0.717, 1.165) is 30.6 Å². The van der Waals surface area contributed by atoms with Crippen LogP contribution in [0.15, 0.2) is 54.9 Å². The number of likely N-dealkylation sites (N-methyl/N-ethyl adjacent to an activating group) is 1. The molecule has 0 spiro atoms. The lowest BCUT2D eigenvalue weighted by molar-refractivity contribution is 0.812. The van der Waals surface area contributed by atoms with Crippen LogP contribution in [0.2, 0.25) is 0 Å². The van der Waals surface area contributed by atoms with Gasteiger partial charge in [0.15, 0.2) is 0 Å². The second-order valence-corrected chi connectivity index (χ2v) is 7.53. The molecule has 1 aromatic carbocycles. The van der Waals surface area contributed by atoms with Gasteiger partial charge in [0.05, 0.1) is 0 Å². The zero-order valence-electron chi connectivity index (χ0n) is 18.3. The highest BCUT2D eigenvalue weighted by atomic mass is 15.3. The lowest BCUT2D eigenvalue weighted by Gasteiger charge is -2.18. The molecule has 4 rings (SSSR count). The van der Waals surface area contributed by atoms with Gasteiger partial charge in [-0.15, -0.1) is 0 Å². The molecule has 0 saturated heterocycles. The molecular formula is C23H29N9. The van der Waals surface area contributed by atoms with Crippen molar-refractivity contribution in [1.29, 1.82) is 0 Å². The Labute approximate surface area is 187 Å². The normalized spacial score (nSPS) is 10.9. The molecule has 3 aromatic heterocycles. The first-order chi connectivity index (χ1) is 15.7. The van der Waals surface area contributed by atoms with Gasteiger partial charge in [0.1, 0.15) is 0 Å². The number of H-pyrrole nitrogens is 1. The number of rotatable bonds is 11. The molecule has 0 aliphatic heterocycles. The van der Waals surface area contributed by atoms with Gasteiger partial charge < -0.3 is 26.3 Å². The van der Waals surface area contributed by atoms with E-state index in [1.165, 1.54) is 10.9 Å². The number of para-hydroxylation sites is 1. The summed E-state index contributed by atoms with van der Waals surface area (Å²) in [4.78, 5) is 23.4. The van der Waals surface area contributed by atoms with Crippen LogP contribution in [-0.2, 0) is 12.8 Å². The first kappa shape index (κ1) is 21.5. The second kappa shape index (κ2) is 10.5. The van der Waals surface area contributed by atoms with Gasteiger partial charge in [-0.25, -0.2) is 0 Å². The van der Waals surface area contributed by atoms with Gasteiger partial charge in [-0.05, 0) is 30.2 Å². The Morgan fingerprint density at radius 3 is 2.50 bits per heavy atom. The average molecular weight is 432 g/mol. The van der Waals surface area contributed by atoms with E-state index >= 15 is 0 Å². The monoisotopic (exact) mass is 431 g/mol. The van der Waals surface area contributed by atoms with Crippen LogP contribution in [0.5, 0.6) is 0 Å². The molecule has 0 atom stereocenters. The smallest absolute Gasteiger partial charge is 0.231 e. The first-order valence-corrected chi connectivity index (χ1v) is 10.8. The van der Waals surface area contributed by atoms with Gasteiger partial charge in [0.2, 0.25) is 17.8 Å². The summed E-state index contributed by atoms with van der Waals surface area (Å²) in [5.41, 5.74) is 9.08. The summed E-state index contributed by atoms with van der Waals surface area (Å²) < 4.78 is 0. The van der Waals surface area contributed by atoms with E-state index < -0.39 is 0 Å². The number of aromatic amines is 1. The fourth-order valence-electron chi connectivity index (χ4n) is 3.45. The number of nitrogens with two attached hydrogens (primary N) is 1. The highest BCUT2D eigenvalue weighted by Gasteiger charge is 2.11. The van der Waals surface area contributed by atoms with Crippen molar-refractivity contribution in [3.05, 3.63) is 66.1 Å². The summed E-state index contributed by atoms with van der Waals surface area (Å²) >= 11 is 0. The van der Waals surface area contributed by atoms with E-state index in [0.29, 0.717) is 37.5 Å². The molecule has 0 unspecified atom stereocenters. The third-order valence-electron chi connectivity index (χ3n) is 5.17. The Morgan fingerprint density at radius 1 is 0.938 bits per heavy atom. The topological polar surface area (TPSA) is 121 Å². The van der Waals surface area contributed by atoms with Crippen LogP contribution in [0.3, 0.4) is 0 Å². The van der Waals surface area contributed by atoms with Gasteiger partial charge in [-0.2, -0.15) is 15.0 Å². The van der Waals surface area contributed by atoms with Crippen molar-refractivity contribution in [2.75, 3.05) is 48.8 Å². The van der Waals surface area contributed by atoms with E-state index in [1.807, 2.05) is 42.4 Å². The SMILES string of the molecule is CN(CCc1ccccn1)c1nc(NCCN)nc(NCCc2c[nH]c3ccccc23)n1. The maximum atomic E-state index is 5.63. The zero-order valence-corrected chi connectivity index (χ0v) is 18.3. The van der Waals surface area contributed by atoms with Crippen LogP contribution >= 0.6 is 0 Å². The molecule has 0 aliphatic rings. The molecule has 0 amide bonds. The summed E-state index contributed by atoms with van der Waals surface area (Å²) in [7, 11) is 1.97. The molecule has 0 fully saturated rings. The van der Waals surface area contributed by atoms with E-state index in [2.05, 4.69) is 59.9 Å². The summed E-state index contributed by atoms with van der Waals surface area (Å²) in [6.07, 6.45) is 5.53. The molecule has 0 bridgehead atoms. The molecule has 3 heterocycles. The van der Waals surface area contributed by atoms with Crippen LogP contribution in [-0.4, -0.2) is 58.1 Å². The second-order valence-electron chi connectivity index (χ2n) is 7.53. The third-order valence-corrected chi connectivity index (χ3v) is 5.17. The van der Waals surface area contributed by atoms with Crippen molar-refractivity contribution in [2.24, 2.45) is 5.73 Å². The molecule has 0 saturated carbocycles. The number of anilines is 3. The van der Waals surface area contributed by atoms with Gasteiger partial charge in [-0.3, -0.25) is 4.98 Å². The lowest BCUT2D eigenvalue weighted by Crippen LogP contribution is -2.25.